The lowest BCUT2D eigenvalue weighted by Crippen LogP contribution is -2.03. The second-order valence-corrected chi connectivity index (χ2v) is 4.53. The summed E-state index contributed by atoms with van der Waals surface area (Å²) in [6, 6.07) is 12.3. The van der Waals surface area contributed by atoms with E-state index >= 15 is 0 Å². The molecule has 0 saturated heterocycles. The van der Waals surface area contributed by atoms with Crippen LogP contribution in [0.15, 0.2) is 48.7 Å². The molecule has 0 spiro atoms. The average molecular weight is 280 g/mol. The van der Waals surface area contributed by atoms with E-state index in [-0.39, 0.29) is 11.4 Å². The number of aromatic nitrogens is 2. The Kier molecular flexibility index (Phi) is 3.23. The van der Waals surface area contributed by atoms with Crippen molar-refractivity contribution in [3.8, 4) is 11.6 Å². The van der Waals surface area contributed by atoms with Gasteiger partial charge in [-0.1, -0.05) is 18.2 Å². The van der Waals surface area contributed by atoms with Crippen molar-refractivity contribution in [2.24, 2.45) is 0 Å². The third-order valence-corrected chi connectivity index (χ3v) is 3.08. The lowest BCUT2D eigenvalue weighted by Gasteiger charge is -2.10. The van der Waals surface area contributed by atoms with Gasteiger partial charge < -0.3 is 9.84 Å². The Morgan fingerprint density at radius 3 is 2.76 bits per heavy atom. The molecule has 0 aliphatic rings. The molecule has 0 amide bonds. The van der Waals surface area contributed by atoms with Gasteiger partial charge >= 0.3 is 5.97 Å². The van der Waals surface area contributed by atoms with Gasteiger partial charge in [-0.15, -0.1) is 0 Å². The molecule has 104 valence electrons. The lowest BCUT2D eigenvalue weighted by molar-refractivity contribution is 0.0693. The molecule has 2 heterocycles. The van der Waals surface area contributed by atoms with Crippen LogP contribution in [-0.4, -0.2) is 21.0 Å². The minimum Gasteiger partial charge on any atom is -0.477 e. The number of pyridine rings is 2. The summed E-state index contributed by atoms with van der Waals surface area (Å²) >= 11 is 0. The third kappa shape index (κ3) is 2.53. The number of fused-ring (bicyclic) bond motifs is 1. The summed E-state index contributed by atoms with van der Waals surface area (Å²) in [5.41, 5.74) is 1.37. The molecule has 3 rings (SSSR count). The van der Waals surface area contributed by atoms with Crippen LogP contribution in [-0.2, 0) is 0 Å². The normalized spacial score (nSPS) is 10.5. The topological polar surface area (TPSA) is 72.3 Å². The van der Waals surface area contributed by atoms with Gasteiger partial charge in [0, 0.05) is 11.6 Å². The smallest absolute Gasteiger partial charge is 0.341 e. The zero-order valence-corrected chi connectivity index (χ0v) is 11.3. The summed E-state index contributed by atoms with van der Waals surface area (Å²) in [7, 11) is 0. The maximum Gasteiger partial charge on any atom is 0.341 e. The molecule has 0 aliphatic carbocycles. The molecule has 1 aromatic carbocycles. The van der Waals surface area contributed by atoms with E-state index in [0.29, 0.717) is 17.0 Å². The fourth-order valence-electron chi connectivity index (χ4n) is 2.01. The van der Waals surface area contributed by atoms with E-state index in [1.807, 2.05) is 24.3 Å². The molecule has 0 fully saturated rings. The fraction of sp³-hybridized carbons (Fsp3) is 0.0625. The van der Waals surface area contributed by atoms with Crippen LogP contribution < -0.4 is 4.74 Å². The lowest BCUT2D eigenvalue weighted by atomic mass is 10.1. The van der Waals surface area contributed by atoms with Crippen molar-refractivity contribution >= 4 is 16.9 Å². The third-order valence-electron chi connectivity index (χ3n) is 3.08. The zero-order chi connectivity index (χ0) is 14.8. The quantitative estimate of drug-likeness (QED) is 0.795. The number of hydrogen-bond acceptors (Lipinski definition) is 4. The van der Waals surface area contributed by atoms with Gasteiger partial charge in [0.15, 0.2) is 5.75 Å². The van der Waals surface area contributed by atoms with Gasteiger partial charge in [0.1, 0.15) is 5.56 Å². The van der Waals surface area contributed by atoms with Crippen LogP contribution in [0.5, 0.6) is 11.6 Å². The van der Waals surface area contributed by atoms with E-state index in [0.717, 1.165) is 5.39 Å². The predicted octanol–water partition coefficient (Wildman–Crippen LogP) is 3.43. The number of para-hydroxylation sites is 1. The number of rotatable bonds is 3. The first kappa shape index (κ1) is 13.1. The van der Waals surface area contributed by atoms with Crippen LogP contribution in [0, 0.1) is 6.92 Å². The number of carbonyl (C=O) groups is 1. The number of nitrogens with zero attached hydrogens (tertiary/aromatic N) is 2. The molecular weight excluding hydrogens is 268 g/mol. The van der Waals surface area contributed by atoms with Crippen LogP contribution in [0.4, 0.5) is 0 Å². The highest BCUT2D eigenvalue weighted by Crippen LogP contribution is 2.28. The SMILES string of the molecule is Cc1ncccc1Oc1nc2ccccc2cc1C(=O)O. The maximum absolute atomic E-state index is 11.4. The van der Waals surface area contributed by atoms with Gasteiger partial charge in [-0.05, 0) is 31.2 Å². The van der Waals surface area contributed by atoms with Crippen LogP contribution in [0.25, 0.3) is 10.9 Å². The Labute approximate surface area is 120 Å². The molecule has 0 radical (unpaired) electrons. The summed E-state index contributed by atoms with van der Waals surface area (Å²) in [5.74, 6) is -0.523. The second kappa shape index (κ2) is 5.20. The molecule has 0 aliphatic heterocycles. The van der Waals surface area contributed by atoms with Gasteiger partial charge in [-0.2, -0.15) is 0 Å². The Morgan fingerprint density at radius 2 is 2.00 bits per heavy atom. The molecule has 5 heteroatoms. The van der Waals surface area contributed by atoms with E-state index < -0.39 is 5.97 Å². The number of aromatic carboxylic acids is 1. The molecule has 2 aromatic heterocycles. The molecule has 0 unspecified atom stereocenters. The first-order valence-corrected chi connectivity index (χ1v) is 6.38. The van der Waals surface area contributed by atoms with E-state index in [2.05, 4.69) is 9.97 Å². The largest absolute Gasteiger partial charge is 0.477 e. The van der Waals surface area contributed by atoms with E-state index in [4.69, 9.17) is 4.74 Å². The van der Waals surface area contributed by atoms with Crippen LogP contribution in [0.3, 0.4) is 0 Å². The van der Waals surface area contributed by atoms with Crippen LogP contribution in [0.1, 0.15) is 16.1 Å². The van der Waals surface area contributed by atoms with Crippen LogP contribution in [0.2, 0.25) is 0 Å². The second-order valence-electron chi connectivity index (χ2n) is 4.53. The average Bonchev–Trinajstić information content (AvgIpc) is 2.48. The minimum atomic E-state index is -1.08. The highest BCUT2D eigenvalue weighted by atomic mass is 16.5. The van der Waals surface area contributed by atoms with Crippen molar-refractivity contribution < 1.29 is 14.6 Å². The van der Waals surface area contributed by atoms with E-state index in [9.17, 15) is 9.90 Å². The van der Waals surface area contributed by atoms with Crippen molar-refractivity contribution in [3.63, 3.8) is 0 Å². The van der Waals surface area contributed by atoms with Gasteiger partial charge in [-0.3, -0.25) is 4.98 Å². The number of aryl methyl sites for hydroxylation is 1. The number of benzene rings is 1. The summed E-state index contributed by atoms with van der Waals surface area (Å²) in [6.07, 6.45) is 1.65. The molecule has 3 aromatic rings. The zero-order valence-electron chi connectivity index (χ0n) is 11.3. The van der Waals surface area contributed by atoms with Gasteiger partial charge in [-0.25, -0.2) is 9.78 Å². The highest BCUT2D eigenvalue weighted by molar-refractivity contribution is 5.95. The number of ether oxygens (including phenoxy) is 1. The van der Waals surface area contributed by atoms with Gasteiger partial charge in [0.05, 0.1) is 11.2 Å². The highest BCUT2D eigenvalue weighted by Gasteiger charge is 2.16. The molecule has 5 nitrogen and oxygen atoms in total. The van der Waals surface area contributed by atoms with Gasteiger partial charge in [0.25, 0.3) is 0 Å². The minimum absolute atomic E-state index is 0.0250. The fourth-order valence-corrected chi connectivity index (χ4v) is 2.01. The predicted molar refractivity (Wildman–Crippen MR) is 77.8 cm³/mol. The summed E-state index contributed by atoms with van der Waals surface area (Å²) in [4.78, 5) is 19.8. The Bertz CT molecular complexity index is 831. The Morgan fingerprint density at radius 1 is 1.19 bits per heavy atom. The van der Waals surface area contributed by atoms with Gasteiger partial charge in [0.2, 0.25) is 5.88 Å². The van der Waals surface area contributed by atoms with Crippen molar-refractivity contribution in [1.82, 2.24) is 9.97 Å². The summed E-state index contributed by atoms with van der Waals surface area (Å²) < 4.78 is 5.66. The molecule has 0 bridgehead atoms. The standard InChI is InChI=1S/C16H12N2O3/c1-10-14(7-4-8-17-10)21-15-12(16(19)20)9-11-5-2-3-6-13(11)18-15/h2-9H,1H3,(H,19,20). The number of hydrogen-bond donors (Lipinski definition) is 1. The Hall–Kier alpha value is -2.95. The summed E-state index contributed by atoms with van der Waals surface area (Å²) in [5, 5.41) is 10.1. The van der Waals surface area contributed by atoms with Crippen molar-refractivity contribution in [3.05, 3.63) is 59.9 Å². The van der Waals surface area contributed by atoms with Crippen LogP contribution >= 0.6 is 0 Å². The number of carboxylic acids is 1. The van der Waals surface area contributed by atoms with Crippen molar-refractivity contribution in [2.75, 3.05) is 0 Å². The monoisotopic (exact) mass is 280 g/mol. The molecule has 0 atom stereocenters. The van der Waals surface area contributed by atoms with Crippen molar-refractivity contribution in [1.29, 1.82) is 0 Å². The van der Waals surface area contributed by atoms with E-state index in [1.54, 1.807) is 31.3 Å². The molecule has 0 saturated carbocycles. The van der Waals surface area contributed by atoms with E-state index in [1.165, 1.54) is 0 Å². The first-order valence-electron chi connectivity index (χ1n) is 6.38. The number of carboxylic acid groups (broad SMARTS) is 1. The first-order chi connectivity index (χ1) is 10.1. The maximum atomic E-state index is 11.4. The Balaban J connectivity index is 2.14. The molecule has 21 heavy (non-hydrogen) atoms. The summed E-state index contributed by atoms with van der Waals surface area (Å²) in [6.45, 7) is 1.79. The molecular formula is C16H12N2O3. The van der Waals surface area contributed by atoms with Crippen molar-refractivity contribution in [2.45, 2.75) is 6.92 Å². The molecule has 1 N–H and O–H groups in total.